The van der Waals surface area contributed by atoms with Crippen molar-refractivity contribution in [1.29, 1.82) is 0 Å². The Bertz CT molecular complexity index is 907. The molecule has 1 aliphatic carbocycles. The second kappa shape index (κ2) is 8.25. The van der Waals surface area contributed by atoms with E-state index in [0.29, 0.717) is 18.4 Å². The van der Waals surface area contributed by atoms with E-state index in [2.05, 4.69) is 17.1 Å². The topological polar surface area (TPSA) is 68.5 Å². The smallest absolute Gasteiger partial charge is 0.415 e. The maximum Gasteiger partial charge on any atom is 0.415 e. The van der Waals surface area contributed by atoms with Crippen LogP contribution in [0.15, 0.2) is 65.1 Å². The Hall–Kier alpha value is -3.15. The molecule has 0 saturated heterocycles. The van der Waals surface area contributed by atoms with Crippen LogP contribution in [0.1, 0.15) is 25.3 Å². The van der Waals surface area contributed by atoms with Gasteiger partial charge >= 0.3 is 6.08 Å². The Kier molecular flexibility index (Phi) is 5.37. The normalized spacial score (nSPS) is 14.5. The van der Waals surface area contributed by atoms with Gasteiger partial charge in [0.15, 0.2) is 6.61 Å². The molecular formula is C22H23N3O3. The summed E-state index contributed by atoms with van der Waals surface area (Å²) in [5, 5.41) is 7.87. The zero-order chi connectivity index (χ0) is 19.3. The molecule has 0 aliphatic heterocycles. The number of hydrogen-bond donors (Lipinski definition) is 0. The fourth-order valence-electron chi connectivity index (χ4n) is 3.24. The number of hydrogen-bond acceptors (Lipinski definition) is 5. The maximum atomic E-state index is 12.9. The highest BCUT2D eigenvalue weighted by atomic mass is 16.6. The van der Waals surface area contributed by atoms with Crippen LogP contribution >= 0.6 is 0 Å². The van der Waals surface area contributed by atoms with Crippen molar-refractivity contribution in [3.8, 4) is 17.5 Å². The van der Waals surface area contributed by atoms with Crippen LogP contribution in [-0.2, 0) is 11.3 Å². The molecule has 6 heteroatoms. The van der Waals surface area contributed by atoms with Crippen LogP contribution < -0.4 is 4.74 Å². The molecule has 28 heavy (non-hydrogen) atoms. The van der Waals surface area contributed by atoms with Crippen molar-refractivity contribution in [1.82, 2.24) is 15.1 Å². The monoisotopic (exact) mass is 377 g/mol. The number of aromatic nitrogens is 2. The highest BCUT2D eigenvalue weighted by molar-refractivity contribution is 5.78. The van der Waals surface area contributed by atoms with Gasteiger partial charge in [-0.2, -0.15) is 0 Å². The summed E-state index contributed by atoms with van der Waals surface area (Å²) in [6, 6.07) is 19.6. The van der Waals surface area contributed by atoms with Crippen LogP contribution in [-0.4, -0.2) is 33.7 Å². The minimum Gasteiger partial charge on any atom is -0.439 e. The number of amides is 1. The van der Waals surface area contributed by atoms with E-state index in [9.17, 15) is 4.79 Å². The summed E-state index contributed by atoms with van der Waals surface area (Å²) < 4.78 is 11.0. The minimum absolute atomic E-state index is 0.00550. The fraction of sp³-hybridized carbons (Fsp3) is 0.318. The van der Waals surface area contributed by atoms with Gasteiger partial charge in [0.25, 0.3) is 11.8 Å². The number of nitrogens with zero attached hydrogens (tertiary/aromatic N) is 3. The number of carbonyl (C=O) groups is 1. The summed E-state index contributed by atoms with van der Waals surface area (Å²) in [6.07, 6.45) is 2.35. The summed E-state index contributed by atoms with van der Waals surface area (Å²) in [4.78, 5) is 14.8. The van der Waals surface area contributed by atoms with Gasteiger partial charge in [-0.25, -0.2) is 0 Å². The quantitative estimate of drug-likeness (QED) is 0.595. The molecule has 0 bridgehead atoms. The lowest BCUT2D eigenvalue weighted by atomic mass is 10.1. The van der Waals surface area contributed by atoms with Crippen molar-refractivity contribution in [2.24, 2.45) is 5.92 Å². The molecule has 4 rings (SSSR count). The van der Waals surface area contributed by atoms with E-state index in [1.165, 1.54) is 12.8 Å². The lowest BCUT2D eigenvalue weighted by Crippen LogP contribution is -2.42. The molecular weight excluding hydrogens is 354 g/mol. The van der Waals surface area contributed by atoms with Gasteiger partial charge in [0.2, 0.25) is 0 Å². The van der Waals surface area contributed by atoms with Gasteiger partial charge in [-0.1, -0.05) is 53.6 Å². The zero-order valence-electron chi connectivity index (χ0n) is 15.8. The van der Waals surface area contributed by atoms with Crippen LogP contribution in [0.5, 0.6) is 6.08 Å². The third-order valence-corrected chi connectivity index (χ3v) is 5.06. The first-order valence-corrected chi connectivity index (χ1v) is 9.56. The number of carbonyl (C=O) groups excluding carboxylic acids is 1. The van der Waals surface area contributed by atoms with E-state index in [0.717, 1.165) is 11.1 Å². The lowest BCUT2D eigenvalue weighted by Gasteiger charge is -2.29. The largest absolute Gasteiger partial charge is 0.439 e. The van der Waals surface area contributed by atoms with Crippen molar-refractivity contribution in [3.05, 3.63) is 66.2 Å². The highest BCUT2D eigenvalue weighted by Gasteiger charge is 2.34. The fourth-order valence-corrected chi connectivity index (χ4v) is 3.24. The van der Waals surface area contributed by atoms with Crippen LogP contribution in [0.25, 0.3) is 11.5 Å². The summed E-state index contributed by atoms with van der Waals surface area (Å²) in [6.45, 7) is 2.55. The van der Waals surface area contributed by atoms with Crippen LogP contribution in [0.2, 0.25) is 0 Å². The van der Waals surface area contributed by atoms with Gasteiger partial charge in [0.1, 0.15) is 0 Å². The van der Waals surface area contributed by atoms with Crippen LogP contribution in [0.3, 0.4) is 0 Å². The first-order chi connectivity index (χ1) is 13.7. The molecule has 144 valence electrons. The molecule has 1 saturated carbocycles. The summed E-state index contributed by atoms with van der Waals surface area (Å²) in [5.41, 5.74) is 1.91. The lowest BCUT2D eigenvalue weighted by molar-refractivity contribution is -0.137. The van der Waals surface area contributed by atoms with E-state index in [1.54, 1.807) is 0 Å². The van der Waals surface area contributed by atoms with E-state index in [4.69, 9.17) is 9.15 Å². The van der Waals surface area contributed by atoms with Crippen molar-refractivity contribution < 1.29 is 13.9 Å². The first kappa shape index (κ1) is 18.2. The third kappa shape index (κ3) is 4.39. The van der Waals surface area contributed by atoms with Crippen molar-refractivity contribution in [2.45, 2.75) is 32.4 Å². The van der Waals surface area contributed by atoms with Gasteiger partial charge in [-0.3, -0.25) is 4.79 Å². The molecule has 1 heterocycles. The van der Waals surface area contributed by atoms with Crippen LogP contribution in [0.4, 0.5) is 0 Å². The Morgan fingerprint density at radius 2 is 1.79 bits per heavy atom. The van der Waals surface area contributed by atoms with Gasteiger partial charge in [-0.05, 0) is 43.4 Å². The van der Waals surface area contributed by atoms with Gasteiger partial charge in [0.05, 0.1) is 0 Å². The third-order valence-electron chi connectivity index (χ3n) is 5.06. The second-order valence-corrected chi connectivity index (χ2v) is 7.11. The van der Waals surface area contributed by atoms with Crippen molar-refractivity contribution >= 4 is 5.91 Å². The minimum atomic E-state index is -0.125. The van der Waals surface area contributed by atoms with E-state index in [-0.39, 0.29) is 24.6 Å². The predicted octanol–water partition coefficient (Wildman–Crippen LogP) is 3.94. The molecule has 0 radical (unpaired) electrons. The summed E-state index contributed by atoms with van der Waals surface area (Å²) in [5.74, 6) is 0.860. The molecule has 0 N–H and O–H groups in total. The Balaban J connectivity index is 1.41. The first-order valence-electron chi connectivity index (χ1n) is 9.56. The number of benzene rings is 2. The average Bonchev–Trinajstić information content (AvgIpc) is 3.49. The Morgan fingerprint density at radius 3 is 2.46 bits per heavy atom. The summed E-state index contributed by atoms with van der Waals surface area (Å²) >= 11 is 0. The molecule has 1 fully saturated rings. The van der Waals surface area contributed by atoms with E-state index >= 15 is 0 Å². The molecule has 1 aromatic heterocycles. The predicted molar refractivity (Wildman–Crippen MR) is 104 cm³/mol. The SMILES string of the molecule is CC(C1CC1)N(Cc1ccccc1)C(=O)COc1nnc(-c2ccccc2)o1. The molecule has 1 atom stereocenters. The Morgan fingerprint density at radius 1 is 1.11 bits per heavy atom. The zero-order valence-corrected chi connectivity index (χ0v) is 15.8. The number of rotatable bonds is 8. The molecule has 1 aliphatic rings. The molecule has 0 spiro atoms. The van der Waals surface area contributed by atoms with Crippen molar-refractivity contribution in [2.75, 3.05) is 6.61 Å². The standard InChI is InChI=1S/C22H23N3O3/c1-16(18-12-13-18)25(14-17-8-4-2-5-9-17)20(26)15-27-22-24-23-21(28-22)19-10-6-3-7-11-19/h2-11,16,18H,12-15H2,1H3. The average molecular weight is 377 g/mol. The highest BCUT2D eigenvalue weighted by Crippen LogP contribution is 2.35. The van der Waals surface area contributed by atoms with Gasteiger partial charge in [-0.15, -0.1) is 5.10 Å². The van der Waals surface area contributed by atoms with E-state index < -0.39 is 0 Å². The molecule has 1 unspecified atom stereocenters. The van der Waals surface area contributed by atoms with Gasteiger partial charge in [0, 0.05) is 18.2 Å². The second-order valence-electron chi connectivity index (χ2n) is 7.11. The summed E-state index contributed by atoms with van der Waals surface area (Å²) in [7, 11) is 0. The molecule has 1 amide bonds. The maximum absolute atomic E-state index is 12.9. The van der Waals surface area contributed by atoms with E-state index in [1.807, 2.05) is 65.6 Å². The van der Waals surface area contributed by atoms with Gasteiger partial charge < -0.3 is 14.1 Å². The molecule has 6 nitrogen and oxygen atoms in total. The van der Waals surface area contributed by atoms with Crippen LogP contribution in [0, 0.1) is 5.92 Å². The Labute approximate surface area is 164 Å². The molecule has 3 aromatic rings. The van der Waals surface area contributed by atoms with Crippen molar-refractivity contribution in [3.63, 3.8) is 0 Å². The number of ether oxygens (including phenoxy) is 1. The molecule has 2 aromatic carbocycles.